The van der Waals surface area contributed by atoms with Crippen LogP contribution in [0.5, 0.6) is 0 Å². The number of rotatable bonds is 3. The van der Waals surface area contributed by atoms with Crippen LogP contribution in [0.25, 0.3) is 0 Å². The van der Waals surface area contributed by atoms with Crippen molar-refractivity contribution < 1.29 is 13.2 Å². The minimum absolute atomic E-state index is 0.0643. The molecule has 1 aromatic heterocycles. The summed E-state index contributed by atoms with van der Waals surface area (Å²) in [5.74, 6) is -0.149. The molecule has 1 fully saturated rings. The predicted molar refractivity (Wildman–Crippen MR) is 85.9 cm³/mol. The van der Waals surface area contributed by atoms with Gasteiger partial charge in [-0.1, -0.05) is 23.2 Å². The van der Waals surface area contributed by atoms with Crippen LogP contribution >= 0.6 is 34.5 Å². The molecule has 0 radical (unpaired) electrons. The normalized spacial score (nSPS) is 17.5. The van der Waals surface area contributed by atoms with E-state index in [-0.39, 0.29) is 11.9 Å². The maximum atomic E-state index is 12.4. The van der Waals surface area contributed by atoms with Gasteiger partial charge in [-0.05, 0) is 18.9 Å². The molecule has 1 amide bonds. The van der Waals surface area contributed by atoms with Gasteiger partial charge in [-0.15, -0.1) is 11.3 Å². The van der Waals surface area contributed by atoms with Crippen molar-refractivity contribution in [1.29, 1.82) is 0 Å². The summed E-state index contributed by atoms with van der Waals surface area (Å²) in [6.45, 7) is 1.01. The molecule has 0 aliphatic carbocycles. The highest BCUT2D eigenvalue weighted by atomic mass is 35.5. The topological polar surface area (TPSA) is 57.7 Å². The first kappa shape index (κ1) is 17.0. The van der Waals surface area contributed by atoms with Crippen molar-refractivity contribution in [3.05, 3.63) is 20.3 Å². The molecule has 2 heterocycles. The Hall–Kier alpha value is -0.340. The molecule has 118 valence electrons. The molecule has 1 aliphatic rings. The van der Waals surface area contributed by atoms with Crippen LogP contribution < -0.4 is 0 Å². The Morgan fingerprint density at radius 2 is 1.95 bits per heavy atom. The Balaban J connectivity index is 2.01. The van der Waals surface area contributed by atoms with Crippen molar-refractivity contribution >= 4 is 50.5 Å². The summed E-state index contributed by atoms with van der Waals surface area (Å²) in [7, 11) is -1.63. The minimum Gasteiger partial charge on any atom is -0.338 e. The highest BCUT2D eigenvalue weighted by Gasteiger charge is 2.30. The number of carbonyl (C=O) groups excluding carboxylic acids is 1. The third-order valence-electron chi connectivity index (χ3n) is 3.68. The van der Waals surface area contributed by atoms with Gasteiger partial charge in [0.25, 0.3) is 5.91 Å². The van der Waals surface area contributed by atoms with E-state index in [1.807, 2.05) is 0 Å². The third kappa shape index (κ3) is 3.90. The number of hydrogen-bond acceptors (Lipinski definition) is 4. The zero-order valence-corrected chi connectivity index (χ0v) is 14.8. The van der Waals surface area contributed by atoms with Gasteiger partial charge in [-0.3, -0.25) is 4.79 Å². The monoisotopic (exact) mass is 370 g/mol. The Kier molecular flexibility index (Phi) is 5.20. The van der Waals surface area contributed by atoms with E-state index in [1.165, 1.54) is 21.9 Å². The van der Waals surface area contributed by atoms with Crippen molar-refractivity contribution in [3.63, 3.8) is 0 Å². The van der Waals surface area contributed by atoms with Crippen LogP contribution in [-0.4, -0.2) is 56.0 Å². The molecular weight excluding hydrogens is 355 g/mol. The fraction of sp³-hybridized carbons (Fsp3) is 0.583. The van der Waals surface area contributed by atoms with E-state index in [0.717, 1.165) is 0 Å². The summed E-state index contributed by atoms with van der Waals surface area (Å²) in [5, 5.41) is 0. The first-order valence-electron chi connectivity index (χ1n) is 6.37. The summed E-state index contributed by atoms with van der Waals surface area (Å²) >= 11 is 13.0. The number of amides is 1. The van der Waals surface area contributed by atoms with Crippen LogP contribution in [0.2, 0.25) is 8.67 Å². The Bertz CT molecular complexity index is 637. The molecule has 0 spiro atoms. The third-order valence-corrected chi connectivity index (χ3v) is 6.51. The second kappa shape index (κ2) is 6.42. The molecule has 0 unspecified atom stereocenters. The van der Waals surface area contributed by atoms with Gasteiger partial charge in [0.15, 0.2) is 0 Å². The molecule has 9 heteroatoms. The van der Waals surface area contributed by atoms with E-state index in [0.29, 0.717) is 40.2 Å². The minimum atomic E-state index is -3.20. The average molecular weight is 371 g/mol. The maximum absolute atomic E-state index is 12.4. The maximum Gasteiger partial charge on any atom is 0.256 e. The van der Waals surface area contributed by atoms with Crippen molar-refractivity contribution in [3.8, 4) is 0 Å². The Labute approximate surface area is 138 Å². The second-order valence-electron chi connectivity index (χ2n) is 5.04. The van der Waals surface area contributed by atoms with Crippen molar-refractivity contribution in [2.24, 2.45) is 0 Å². The molecule has 5 nitrogen and oxygen atoms in total. The fourth-order valence-corrected chi connectivity index (χ4v) is 4.56. The van der Waals surface area contributed by atoms with Crippen LogP contribution in [0.15, 0.2) is 6.07 Å². The summed E-state index contributed by atoms with van der Waals surface area (Å²) in [6, 6.07) is 1.51. The highest BCUT2D eigenvalue weighted by molar-refractivity contribution is 7.88. The van der Waals surface area contributed by atoms with Crippen molar-refractivity contribution in [2.75, 3.05) is 26.4 Å². The number of thiophene rings is 1. The lowest BCUT2D eigenvalue weighted by atomic mass is 10.0. The standard InChI is InChI=1S/C12H16Cl2N2O3S2/c1-15(21(2,18)19)8-3-5-16(6-4-8)12(17)9-7-10(13)20-11(9)14/h7-8H,3-6H2,1-2H3. The van der Waals surface area contributed by atoms with Gasteiger partial charge < -0.3 is 4.90 Å². The van der Waals surface area contributed by atoms with Gasteiger partial charge in [-0.25, -0.2) is 12.7 Å². The van der Waals surface area contributed by atoms with E-state index in [4.69, 9.17) is 23.2 Å². The zero-order valence-electron chi connectivity index (χ0n) is 11.7. The molecule has 1 aromatic rings. The van der Waals surface area contributed by atoms with Crippen LogP contribution in [-0.2, 0) is 10.0 Å². The number of hydrogen-bond donors (Lipinski definition) is 0. The molecule has 1 saturated heterocycles. The van der Waals surface area contributed by atoms with E-state index in [2.05, 4.69) is 0 Å². The second-order valence-corrected chi connectivity index (χ2v) is 9.37. The molecule has 0 aromatic carbocycles. The van der Waals surface area contributed by atoms with E-state index in [1.54, 1.807) is 18.0 Å². The quantitative estimate of drug-likeness (QED) is 0.821. The molecule has 0 bridgehead atoms. The lowest BCUT2D eigenvalue weighted by Crippen LogP contribution is -2.47. The molecule has 1 aliphatic heterocycles. The highest BCUT2D eigenvalue weighted by Crippen LogP contribution is 2.32. The first-order valence-corrected chi connectivity index (χ1v) is 9.79. The Morgan fingerprint density at radius 1 is 1.38 bits per heavy atom. The summed E-state index contributed by atoms with van der Waals surface area (Å²) in [6.07, 6.45) is 2.42. The van der Waals surface area contributed by atoms with Gasteiger partial charge >= 0.3 is 0 Å². The molecule has 0 atom stereocenters. The zero-order chi connectivity index (χ0) is 15.8. The van der Waals surface area contributed by atoms with Crippen molar-refractivity contribution in [1.82, 2.24) is 9.21 Å². The number of likely N-dealkylation sites (tertiary alicyclic amines) is 1. The number of carbonyl (C=O) groups is 1. The van der Waals surface area contributed by atoms with Crippen LogP contribution in [0, 0.1) is 0 Å². The summed E-state index contributed by atoms with van der Waals surface area (Å²) < 4.78 is 25.3. The smallest absolute Gasteiger partial charge is 0.256 e. The first-order chi connectivity index (χ1) is 9.70. The van der Waals surface area contributed by atoms with E-state index in [9.17, 15) is 13.2 Å². The molecule has 21 heavy (non-hydrogen) atoms. The van der Waals surface area contributed by atoms with E-state index >= 15 is 0 Å². The number of nitrogens with zero attached hydrogens (tertiary/aromatic N) is 2. The van der Waals surface area contributed by atoms with Gasteiger partial charge in [-0.2, -0.15) is 0 Å². The summed E-state index contributed by atoms with van der Waals surface area (Å²) in [4.78, 5) is 14.1. The van der Waals surface area contributed by atoms with E-state index < -0.39 is 10.0 Å². The van der Waals surface area contributed by atoms with Crippen LogP contribution in [0.1, 0.15) is 23.2 Å². The number of piperidine rings is 1. The fourth-order valence-electron chi connectivity index (χ4n) is 2.36. The lowest BCUT2D eigenvalue weighted by Gasteiger charge is -2.35. The van der Waals surface area contributed by atoms with Gasteiger partial charge in [0.2, 0.25) is 10.0 Å². The van der Waals surface area contributed by atoms with Gasteiger partial charge in [0.1, 0.15) is 4.34 Å². The number of sulfonamides is 1. The molecular formula is C12H16Cl2N2O3S2. The largest absolute Gasteiger partial charge is 0.338 e. The lowest BCUT2D eigenvalue weighted by molar-refractivity contribution is 0.0687. The van der Waals surface area contributed by atoms with Gasteiger partial charge in [0.05, 0.1) is 16.2 Å². The number of halogens is 2. The van der Waals surface area contributed by atoms with Gasteiger partial charge in [0, 0.05) is 26.2 Å². The molecule has 0 N–H and O–H groups in total. The predicted octanol–water partition coefficient (Wildman–Crippen LogP) is 2.55. The average Bonchev–Trinajstić information content (AvgIpc) is 2.75. The molecule has 0 saturated carbocycles. The summed E-state index contributed by atoms with van der Waals surface area (Å²) in [5.41, 5.74) is 0.418. The van der Waals surface area contributed by atoms with Crippen LogP contribution in [0.4, 0.5) is 0 Å². The van der Waals surface area contributed by atoms with Crippen LogP contribution in [0.3, 0.4) is 0 Å². The Morgan fingerprint density at radius 3 is 2.38 bits per heavy atom. The SMILES string of the molecule is CN(C1CCN(C(=O)c2cc(Cl)sc2Cl)CC1)S(C)(=O)=O. The van der Waals surface area contributed by atoms with Crippen molar-refractivity contribution in [2.45, 2.75) is 18.9 Å². The molecule has 2 rings (SSSR count).